The molecule has 1 aromatic heterocycles. The Balaban J connectivity index is 1.96. The molecule has 0 bridgehead atoms. The third-order valence-electron chi connectivity index (χ3n) is 3.79. The van der Waals surface area contributed by atoms with Crippen LogP contribution in [0.3, 0.4) is 0 Å². The topological polar surface area (TPSA) is 75.4 Å². The van der Waals surface area contributed by atoms with E-state index in [1.807, 2.05) is 6.07 Å². The van der Waals surface area contributed by atoms with Crippen molar-refractivity contribution in [2.75, 3.05) is 38.6 Å². The van der Waals surface area contributed by atoms with Crippen LogP contribution in [-0.4, -0.2) is 54.7 Å². The lowest BCUT2D eigenvalue weighted by molar-refractivity contribution is 0.0821. The van der Waals surface area contributed by atoms with Gasteiger partial charge in [0.25, 0.3) is 5.91 Å². The standard InChI is InChI=1S/C14H23N5O/c1-18(2)14(20)12-3-4-13(17-16-12)19-9-6-11(5-8-15)7-10-19/h3-4,11H,5-10,15H2,1-2H3. The van der Waals surface area contributed by atoms with Gasteiger partial charge in [0.05, 0.1) is 0 Å². The van der Waals surface area contributed by atoms with E-state index in [1.54, 1.807) is 20.2 Å². The van der Waals surface area contributed by atoms with Gasteiger partial charge in [0.2, 0.25) is 0 Å². The highest BCUT2D eigenvalue weighted by molar-refractivity contribution is 5.91. The molecule has 0 aromatic carbocycles. The van der Waals surface area contributed by atoms with Crippen molar-refractivity contribution in [2.45, 2.75) is 19.3 Å². The number of piperidine rings is 1. The van der Waals surface area contributed by atoms with Gasteiger partial charge in [-0.1, -0.05) is 0 Å². The second kappa shape index (κ2) is 6.65. The van der Waals surface area contributed by atoms with Crippen LogP contribution in [0.2, 0.25) is 0 Å². The molecule has 2 N–H and O–H groups in total. The van der Waals surface area contributed by atoms with Gasteiger partial charge in [-0.3, -0.25) is 4.79 Å². The highest BCUT2D eigenvalue weighted by Crippen LogP contribution is 2.23. The highest BCUT2D eigenvalue weighted by Gasteiger charge is 2.20. The summed E-state index contributed by atoms with van der Waals surface area (Å²) in [6, 6.07) is 3.63. The maximum Gasteiger partial charge on any atom is 0.273 e. The Kier molecular flexibility index (Phi) is 4.89. The Morgan fingerprint density at radius 3 is 2.55 bits per heavy atom. The molecule has 1 fully saturated rings. The number of carbonyl (C=O) groups is 1. The Labute approximate surface area is 120 Å². The summed E-state index contributed by atoms with van der Waals surface area (Å²) in [7, 11) is 3.42. The summed E-state index contributed by atoms with van der Waals surface area (Å²) in [5.74, 6) is 1.47. The molecule has 1 saturated heterocycles. The maximum absolute atomic E-state index is 11.7. The van der Waals surface area contributed by atoms with Crippen LogP contribution in [0, 0.1) is 5.92 Å². The fraction of sp³-hybridized carbons (Fsp3) is 0.643. The molecule has 1 aliphatic rings. The van der Waals surface area contributed by atoms with E-state index < -0.39 is 0 Å². The number of aromatic nitrogens is 2. The number of carbonyl (C=O) groups excluding carboxylic acids is 1. The van der Waals surface area contributed by atoms with Crippen LogP contribution in [0.5, 0.6) is 0 Å². The number of hydrogen-bond donors (Lipinski definition) is 1. The lowest BCUT2D eigenvalue weighted by Crippen LogP contribution is -2.35. The second-order valence-corrected chi connectivity index (χ2v) is 5.48. The predicted octanol–water partition coefficient (Wildman–Crippen LogP) is 0.744. The van der Waals surface area contributed by atoms with Crippen molar-refractivity contribution in [3.05, 3.63) is 17.8 Å². The Morgan fingerprint density at radius 2 is 2.05 bits per heavy atom. The van der Waals surface area contributed by atoms with Crippen molar-refractivity contribution in [1.82, 2.24) is 15.1 Å². The quantitative estimate of drug-likeness (QED) is 0.878. The second-order valence-electron chi connectivity index (χ2n) is 5.48. The third-order valence-corrected chi connectivity index (χ3v) is 3.79. The van der Waals surface area contributed by atoms with Crippen LogP contribution in [0.15, 0.2) is 12.1 Å². The molecule has 0 aliphatic carbocycles. The first-order chi connectivity index (χ1) is 9.61. The summed E-state index contributed by atoms with van der Waals surface area (Å²) in [5, 5.41) is 8.21. The van der Waals surface area contributed by atoms with Gasteiger partial charge < -0.3 is 15.5 Å². The molecule has 2 rings (SSSR count). The molecule has 1 aromatic rings. The number of nitrogens with zero attached hydrogens (tertiary/aromatic N) is 4. The van der Waals surface area contributed by atoms with Crippen molar-refractivity contribution < 1.29 is 4.79 Å². The molecule has 0 atom stereocenters. The van der Waals surface area contributed by atoms with Gasteiger partial charge in [-0.25, -0.2) is 0 Å². The molecule has 0 unspecified atom stereocenters. The van der Waals surface area contributed by atoms with Crippen LogP contribution >= 0.6 is 0 Å². The Morgan fingerprint density at radius 1 is 1.35 bits per heavy atom. The van der Waals surface area contributed by atoms with Crippen molar-refractivity contribution in [2.24, 2.45) is 11.7 Å². The van der Waals surface area contributed by atoms with Gasteiger partial charge in [0.1, 0.15) is 0 Å². The summed E-state index contributed by atoms with van der Waals surface area (Å²) in [4.78, 5) is 15.5. The van der Waals surface area contributed by atoms with Crippen molar-refractivity contribution in [1.29, 1.82) is 0 Å². The van der Waals surface area contributed by atoms with E-state index in [1.165, 1.54) is 4.90 Å². The molecule has 0 saturated carbocycles. The molecular formula is C14H23N5O. The summed E-state index contributed by atoms with van der Waals surface area (Å²) < 4.78 is 0. The van der Waals surface area contributed by atoms with Crippen LogP contribution in [0.25, 0.3) is 0 Å². The van der Waals surface area contributed by atoms with E-state index in [0.717, 1.165) is 50.6 Å². The van der Waals surface area contributed by atoms with Crippen molar-refractivity contribution in [3.63, 3.8) is 0 Å². The zero-order valence-electron chi connectivity index (χ0n) is 12.2. The van der Waals surface area contributed by atoms with Gasteiger partial charge in [-0.05, 0) is 43.9 Å². The van der Waals surface area contributed by atoms with Gasteiger partial charge in [0.15, 0.2) is 11.5 Å². The zero-order valence-corrected chi connectivity index (χ0v) is 12.2. The third kappa shape index (κ3) is 3.45. The molecule has 0 radical (unpaired) electrons. The molecule has 20 heavy (non-hydrogen) atoms. The van der Waals surface area contributed by atoms with Gasteiger partial charge in [-0.2, -0.15) is 0 Å². The maximum atomic E-state index is 11.7. The largest absolute Gasteiger partial charge is 0.355 e. The molecule has 1 aliphatic heterocycles. The average molecular weight is 277 g/mol. The van der Waals surface area contributed by atoms with Gasteiger partial charge in [0, 0.05) is 27.2 Å². The first-order valence-electron chi connectivity index (χ1n) is 7.12. The van der Waals surface area contributed by atoms with E-state index in [4.69, 9.17) is 5.73 Å². The molecular weight excluding hydrogens is 254 g/mol. The van der Waals surface area contributed by atoms with Gasteiger partial charge in [-0.15, -0.1) is 10.2 Å². The number of hydrogen-bond acceptors (Lipinski definition) is 5. The first-order valence-corrected chi connectivity index (χ1v) is 7.12. The first kappa shape index (κ1) is 14.7. The fourth-order valence-electron chi connectivity index (χ4n) is 2.52. The molecule has 2 heterocycles. The van der Waals surface area contributed by atoms with Crippen LogP contribution < -0.4 is 10.6 Å². The predicted molar refractivity (Wildman–Crippen MR) is 78.7 cm³/mol. The molecule has 6 nitrogen and oxygen atoms in total. The van der Waals surface area contributed by atoms with Crippen LogP contribution in [-0.2, 0) is 0 Å². The molecule has 1 amide bonds. The SMILES string of the molecule is CN(C)C(=O)c1ccc(N2CCC(CCN)CC2)nn1. The Bertz CT molecular complexity index is 437. The molecule has 110 valence electrons. The molecule has 0 spiro atoms. The van der Waals surface area contributed by atoms with E-state index in [0.29, 0.717) is 5.69 Å². The average Bonchev–Trinajstić information content (AvgIpc) is 2.48. The lowest BCUT2D eigenvalue weighted by atomic mass is 9.94. The minimum absolute atomic E-state index is 0.120. The van der Waals surface area contributed by atoms with E-state index >= 15 is 0 Å². The zero-order chi connectivity index (χ0) is 14.5. The summed E-state index contributed by atoms with van der Waals surface area (Å²) in [6.45, 7) is 2.74. The van der Waals surface area contributed by atoms with E-state index in [-0.39, 0.29) is 5.91 Å². The van der Waals surface area contributed by atoms with E-state index in [9.17, 15) is 4.79 Å². The number of nitrogens with two attached hydrogens (primary N) is 1. The lowest BCUT2D eigenvalue weighted by Gasteiger charge is -2.32. The van der Waals surface area contributed by atoms with Crippen LogP contribution in [0.4, 0.5) is 5.82 Å². The molecule has 6 heteroatoms. The number of amides is 1. The normalized spacial score (nSPS) is 16.2. The van der Waals surface area contributed by atoms with E-state index in [2.05, 4.69) is 15.1 Å². The van der Waals surface area contributed by atoms with Crippen LogP contribution in [0.1, 0.15) is 29.8 Å². The van der Waals surface area contributed by atoms with Crippen molar-refractivity contribution in [3.8, 4) is 0 Å². The fourth-order valence-corrected chi connectivity index (χ4v) is 2.52. The highest BCUT2D eigenvalue weighted by atomic mass is 16.2. The number of anilines is 1. The van der Waals surface area contributed by atoms with Crippen molar-refractivity contribution >= 4 is 11.7 Å². The summed E-state index contributed by atoms with van der Waals surface area (Å²) in [6.07, 6.45) is 3.41. The monoisotopic (exact) mass is 277 g/mol. The summed E-state index contributed by atoms with van der Waals surface area (Å²) in [5.41, 5.74) is 5.99. The van der Waals surface area contributed by atoms with Gasteiger partial charge >= 0.3 is 0 Å². The minimum atomic E-state index is -0.120. The summed E-state index contributed by atoms with van der Waals surface area (Å²) >= 11 is 0. The minimum Gasteiger partial charge on any atom is -0.355 e. The smallest absolute Gasteiger partial charge is 0.273 e. The Hall–Kier alpha value is -1.69. The number of rotatable bonds is 4.